The number of benzene rings is 1. The van der Waals surface area contributed by atoms with Gasteiger partial charge in [-0.15, -0.1) is 0 Å². The van der Waals surface area contributed by atoms with Gasteiger partial charge in [-0.3, -0.25) is 9.69 Å². The number of hydrogen-bond donors (Lipinski definition) is 1. The molecule has 1 amide bonds. The lowest BCUT2D eigenvalue weighted by atomic mass is 9.86. The number of nitrogens with one attached hydrogen (secondary N) is 1. The van der Waals surface area contributed by atoms with Gasteiger partial charge in [0.2, 0.25) is 15.9 Å². The van der Waals surface area contributed by atoms with Crippen LogP contribution in [0.1, 0.15) is 32.6 Å². The maximum absolute atomic E-state index is 13.9. The highest BCUT2D eigenvalue weighted by Crippen LogP contribution is 2.24. The number of piperazine rings is 1. The number of halogens is 1. The number of carbonyl (C=O) groups excluding carboxylic acids is 1. The highest BCUT2D eigenvalue weighted by molar-refractivity contribution is 7.89. The number of hydrogen-bond acceptors (Lipinski definition) is 4. The zero-order chi connectivity index (χ0) is 19.4. The van der Waals surface area contributed by atoms with Gasteiger partial charge in [-0.1, -0.05) is 31.9 Å². The molecule has 0 radical (unpaired) electrons. The van der Waals surface area contributed by atoms with Gasteiger partial charge in [0.1, 0.15) is 10.7 Å². The molecule has 0 spiro atoms. The molecule has 1 aromatic carbocycles. The summed E-state index contributed by atoms with van der Waals surface area (Å²) in [4.78, 5) is 14.0. The highest BCUT2D eigenvalue weighted by Gasteiger charge is 2.31. The third-order valence-electron chi connectivity index (χ3n) is 5.61. The molecule has 1 aliphatic heterocycles. The van der Waals surface area contributed by atoms with E-state index in [0.29, 0.717) is 19.0 Å². The Labute approximate surface area is 160 Å². The largest absolute Gasteiger partial charge is 0.352 e. The molecule has 27 heavy (non-hydrogen) atoms. The summed E-state index contributed by atoms with van der Waals surface area (Å²) in [5, 5.41) is 3.13. The quantitative estimate of drug-likeness (QED) is 0.823. The first-order chi connectivity index (χ1) is 12.9. The van der Waals surface area contributed by atoms with E-state index in [1.807, 2.05) is 4.90 Å². The van der Waals surface area contributed by atoms with Crippen molar-refractivity contribution in [1.29, 1.82) is 0 Å². The van der Waals surface area contributed by atoms with Gasteiger partial charge in [0.05, 0.1) is 6.54 Å². The van der Waals surface area contributed by atoms with Crippen molar-refractivity contribution in [3.05, 3.63) is 30.1 Å². The maximum atomic E-state index is 13.9. The highest BCUT2D eigenvalue weighted by atomic mass is 32.2. The average Bonchev–Trinajstić information content (AvgIpc) is 2.64. The number of sulfonamides is 1. The molecule has 1 heterocycles. The van der Waals surface area contributed by atoms with Crippen molar-refractivity contribution in [2.45, 2.75) is 43.5 Å². The van der Waals surface area contributed by atoms with Gasteiger partial charge in [-0.2, -0.15) is 4.31 Å². The predicted octanol–water partition coefficient (Wildman–Crippen LogP) is 1.83. The summed E-state index contributed by atoms with van der Waals surface area (Å²) in [7, 11) is -3.84. The lowest BCUT2D eigenvalue weighted by molar-refractivity contribution is -0.123. The molecule has 150 valence electrons. The van der Waals surface area contributed by atoms with Crippen LogP contribution in [0.4, 0.5) is 4.39 Å². The average molecular weight is 398 g/mol. The van der Waals surface area contributed by atoms with E-state index in [0.717, 1.165) is 25.3 Å². The van der Waals surface area contributed by atoms with Crippen LogP contribution in [-0.2, 0) is 14.8 Å². The van der Waals surface area contributed by atoms with Crippen molar-refractivity contribution in [3.8, 4) is 0 Å². The zero-order valence-electron chi connectivity index (χ0n) is 15.7. The van der Waals surface area contributed by atoms with E-state index in [9.17, 15) is 17.6 Å². The second-order valence-corrected chi connectivity index (χ2v) is 9.45. The minimum absolute atomic E-state index is 0.000777. The minimum Gasteiger partial charge on any atom is -0.352 e. The van der Waals surface area contributed by atoms with Gasteiger partial charge >= 0.3 is 0 Å². The second-order valence-electron chi connectivity index (χ2n) is 7.55. The van der Waals surface area contributed by atoms with Crippen LogP contribution in [-0.4, -0.2) is 62.3 Å². The van der Waals surface area contributed by atoms with Gasteiger partial charge in [0.25, 0.3) is 0 Å². The molecular weight excluding hydrogens is 369 g/mol. The smallest absolute Gasteiger partial charge is 0.246 e. The Bertz CT molecular complexity index is 763. The minimum atomic E-state index is -3.84. The summed E-state index contributed by atoms with van der Waals surface area (Å²) in [6, 6.07) is 5.67. The Hall–Kier alpha value is -1.51. The maximum Gasteiger partial charge on any atom is 0.246 e. The van der Waals surface area contributed by atoms with E-state index in [1.165, 1.54) is 28.9 Å². The molecule has 0 bridgehead atoms. The Kier molecular flexibility index (Phi) is 6.49. The van der Waals surface area contributed by atoms with Gasteiger partial charge in [0, 0.05) is 32.2 Å². The molecule has 2 aliphatic rings. The van der Waals surface area contributed by atoms with Crippen LogP contribution >= 0.6 is 0 Å². The Morgan fingerprint density at radius 2 is 1.81 bits per heavy atom. The van der Waals surface area contributed by atoms with Crippen molar-refractivity contribution >= 4 is 15.9 Å². The number of nitrogens with zero attached hydrogens (tertiary/aromatic N) is 2. The molecule has 1 aromatic rings. The fraction of sp³-hybridized carbons (Fsp3) is 0.632. The summed E-state index contributed by atoms with van der Waals surface area (Å²) in [5.74, 6) is -0.231. The first-order valence-electron chi connectivity index (χ1n) is 9.64. The van der Waals surface area contributed by atoms with Crippen molar-refractivity contribution in [2.75, 3.05) is 32.7 Å². The number of carbonyl (C=O) groups is 1. The first kappa shape index (κ1) is 20.2. The van der Waals surface area contributed by atoms with Crippen LogP contribution in [0.15, 0.2) is 29.2 Å². The van der Waals surface area contributed by atoms with Crippen molar-refractivity contribution in [1.82, 2.24) is 14.5 Å². The van der Waals surface area contributed by atoms with E-state index < -0.39 is 15.8 Å². The van der Waals surface area contributed by atoms with Crippen molar-refractivity contribution in [2.24, 2.45) is 5.92 Å². The number of amides is 1. The third-order valence-corrected chi connectivity index (χ3v) is 7.54. The normalized spacial score (nSPS) is 25.3. The van der Waals surface area contributed by atoms with Crippen LogP contribution in [0.2, 0.25) is 0 Å². The van der Waals surface area contributed by atoms with E-state index in [2.05, 4.69) is 12.2 Å². The second kappa shape index (κ2) is 8.67. The van der Waals surface area contributed by atoms with Crippen molar-refractivity contribution < 1.29 is 17.6 Å². The Balaban J connectivity index is 1.51. The summed E-state index contributed by atoms with van der Waals surface area (Å²) in [6.45, 7) is 3.88. The molecule has 1 saturated heterocycles. The Morgan fingerprint density at radius 1 is 1.15 bits per heavy atom. The fourth-order valence-electron chi connectivity index (χ4n) is 3.91. The third kappa shape index (κ3) is 4.86. The van der Waals surface area contributed by atoms with Gasteiger partial charge in [-0.05, 0) is 30.9 Å². The fourth-order valence-corrected chi connectivity index (χ4v) is 5.39. The molecule has 1 aliphatic carbocycles. The summed E-state index contributed by atoms with van der Waals surface area (Å²) in [6.07, 6.45) is 4.56. The SMILES string of the molecule is CC1CCCCC1NC(=O)CN1CCN(S(=O)(=O)c2ccccc2F)CC1. The molecule has 1 N–H and O–H groups in total. The molecule has 2 fully saturated rings. The molecule has 2 atom stereocenters. The van der Waals surface area contributed by atoms with Crippen LogP contribution in [0, 0.1) is 11.7 Å². The molecule has 1 saturated carbocycles. The monoisotopic (exact) mass is 397 g/mol. The van der Waals surface area contributed by atoms with E-state index >= 15 is 0 Å². The molecule has 2 unspecified atom stereocenters. The molecule has 6 nitrogen and oxygen atoms in total. The van der Waals surface area contributed by atoms with Gasteiger partial charge in [0.15, 0.2) is 0 Å². The van der Waals surface area contributed by atoms with Crippen LogP contribution in [0.5, 0.6) is 0 Å². The Morgan fingerprint density at radius 3 is 2.48 bits per heavy atom. The first-order valence-corrected chi connectivity index (χ1v) is 11.1. The van der Waals surface area contributed by atoms with E-state index in [1.54, 1.807) is 0 Å². The van der Waals surface area contributed by atoms with Crippen LogP contribution in [0.3, 0.4) is 0 Å². The van der Waals surface area contributed by atoms with Gasteiger partial charge < -0.3 is 5.32 Å². The molecular formula is C19H28FN3O3S. The number of rotatable bonds is 5. The van der Waals surface area contributed by atoms with E-state index in [-0.39, 0.29) is 36.5 Å². The lowest BCUT2D eigenvalue weighted by Crippen LogP contribution is -2.52. The standard InChI is InChI=1S/C19H28FN3O3S/c1-15-6-2-4-8-17(15)21-19(24)14-22-10-12-23(13-11-22)27(25,26)18-9-5-3-7-16(18)20/h3,5,7,9,15,17H,2,4,6,8,10-14H2,1H3,(H,21,24). The molecule has 8 heteroatoms. The lowest BCUT2D eigenvalue weighted by Gasteiger charge is -2.34. The van der Waals surface area contributed by atoms with Crippen LogP contribution in [0.25, 0.3) is 0 Å². The summed E-state index contributed by atoms with van der Waals surface area (Å²) < 4.78 is 40.4. The van der Waals surface area contributed by atoms with Crippen LogP contribution < -0.4 is 5.32 Å². The summed E-state index contributed by atoms with van der Waals surface area (Å²) in [5.41, 5.74) is 0. The summed E-state index contributed by atoms with van der Waals surface area (Å²) >= 11 is 0. The topological polar surface area (TPSA) is 69.7 Å². The molecule has 3 rings (SSSR count). The van der Waals surface area contributed by atoms with Gasteiger partial charge in [-0.25, -0.2) is 12.8 Å². The van der Waals surface area contributed by atoms with Crippen molar-refractivity contribution in [3.63, 3.8) is 0 Å². The zero-order valence-corrected chi connectivity index (χ0v) is 16.5. The molecule has 0 aromatic heterocycles. The predicted molar refractivity (Wildman–Crippen MR) is 101 cm³/mol. The van der Waals surface area contributed by atoms with E-state index in [4.69, 9.17) is 0 Å².